The second-order valence-electron chi connectivity index (χ2n) is 5.39. The van der Waals surface area contributed by atoms with Crippen LogP contribution in [0.25, 0.3) is 16.7 Å². The van der Waals surface area contributed by atoms with Gasteiger partial charge in [0, 0.05) is 36.6 Å². The maximum atomic E-state index is 5.81. The molecule has 21 heavy (non-hydrogen) atoms. The van der Waals surface area contributed by atoms with Gasteiger partial charge in [0.05, 0.1) is 5.52 Å². The van der Waals surface area contributed by atoms with Gasteiger partial charge in [0.25, 0.3) is 0 Å². The highest BCUT2D eigenvalue weighted by molar-refractivity contribution is 5.78. The summed E-state index contributed by atoms with van der Waals surface area (Å²) in [4.78, 5) is 12.8. The summed E-state index contributed by atoms with van der Waals surface area (Å²) >= 11 is 0. The van der Waals surface area contributed by atoms with Crippen LogP contribution < -0.4 is 11.1 Å². The van der Waals surface area contributed by atoms with Gasteiger partial charge in [-0.1, -0.05) is 13.8 Å². The van der Waals surface area contributed by atoms with E-state index in [0.29, 0.717) is 5.92 Å². The zero-order chi connectivity index (χ0) is 14.8. The predicted octanol–water partition coefficient (Wildman–Crippen LogP) is 2.47. The monoisotopic (exact) mass is 282 g/mol. The molecule has 0 aliphatic carbocycles. The molecule has 0 radical (unpaired) electrons. The molecule has 0 saturated carbocycles. The number of hydrogen-bond acceptors (Lipinski definition) is 5. The lowest BCUT2D eigenvalue weighted by Crippen LogP contribution is -2.11. The number of hydrogen-bond donors (Lipinski definition) is 2. The van der Waals surface area contributed by atoms with Gasteiger partial charge in [0.15, 0.2) is 0 Å². The highest BCUT2D eigenvalue weighted by Gasteiger charge is 2.07. The smallest absolute Gasteiger partial charge is 0.223 e. The van der Waals surface area contributed by atoms with Crippen LogP contribution in [-0.4, -0.2) is 26.1 Å². The molecule has 0 atom stereocenters. The molecule has 3 N–H and O–H groups in total. The summed E-state index contributed by atoms with van der Waals surface area (Å²) in [5, 5.41) is 4.33. The van der Waals surface area contributed by atoms with E-state index in [2.05, 4.69) is 34.1 Å². The summed E-state index contributed by atoms with van der Waals surface area (Å²) in [6.45, 7) is 5.12. The Labute approximate surface area is 123 Å². The fourth-order valence-corrected chi connectivity index (χ4v) is 2.08. The highest BCUT2D eigenvalue weighted by atomic mass is 15.1. The first kappa shape index (κ1) is 13.4. The Balaban J connectivity index is 1.97. The number of nitrogens with one attached hydrogen (secondary N) is 1. The van der Waals surface area contributed by atoms with Crippen molar-refractivity contribution in [2.75, 3.05) is 17.6 Å². The first-order valence-corrected chi connectivity index (χ1v) is 6.93. The lowest BCUT2D eigenvalue weighted by molar-refractivity contribution is 0.687. The van der Waals surface area contributed by atoms with Crippen LogP contribution in [0.2, 0.25) is 0 Å². The Bertz CT molecular complexity index is 729. The molecule has 0 amide bonds. The van der Waals surface area contributed by atoms with Crippen molar-refractivity contribution in [1.82, 2.24) is 19.5 Å². The SMILES string of the molecule is CC(C)CNc1cc(-n2cc3cccnc3c2)nc(N)n1. The molecule has 6 heteroatoms. The molecule has 3 rings (SSSR count). The van der Waals surface area contributed by atoms with E-state index < -0.39 is 0 Å². The highest BCUT2D eigenvalue weighted by Crippen LogP contribution is 2.18. The van der Waals surface area contributed by atoms with Crippen LogP contribution in [0.1, 0.15) is 13.8 Å². The van der Waals surface area contributed by atoms with Crippen LogP contribution in [0.4, 0.5) is 11.8 Å². The van der Waals surface area contributed by atoms with Crippen molar-refractivity contribution in [1.29, 1.82) is 0 Å². The molecule has 0 fully saturated rings. The second-order valence-corrected chi connectivity index (χ2v) is 5.39. The van der Waals surface area contributed by atoms with Crippen molar-refractivity contribution < 1.29 is 0 Å². The van der Waals surface area contributed by atoms with Crippen molar-refractivity contribution in [3.05, 3.63) is 36.8 Å². The van der Waals surface area contributed by atoms with Gasteiger partial charge in [-0.2, -0.15) is 9.97 Å². The molecule has 3 aromatic rings. The molecule has 0 aliphatic rings. The van der Waals surface area contributed by atoms with Crippen LogP contribution >= 0.6 is 0 Å². The number of anilines is 2. The van der Waals surface area contributed by atoms with Crippen molar-refractivity contribution in [2.24, 2.45) is 5.92 Å². The summed E-state index contributed by atoms with van der Waals surface area (Å²) in [5.41, 5.74) is 6.73. The number of nitrogen functional groups attached to an aromatic ring is 1. The summed E-state index contributed by atoms with van der Waals surface area (Å²) in [5.74, 6) is 2.25. The minimum Gasteiger partial charge on any atom is -0.370 e. The Morgan fingerprint density at radius 2 is 2.14 bits per heavy atom. The van der Waals surface area contributed by atoms with Crippen LogP contribution in [0.15, 0.2) is 36.8 Å². The molecular formula is C15H18N6. The van der Waals surface area contributed by atoms with Crippen LogP contribution in [0.5, 0.6) is 0 Å². The summed E-state index contributed by atoms with van der Waals surface area (Å²) in [7, 11) is 0. The standard InChI is InChI=1S/C15H18N6/c1-10(2)7-18-13-6-14(20-15(16)19-13)21-8-11-4-3-5-17-12(11)9-21/h3-6,8-10H,7H2,1-2H3,(H3,16,18,19,20). The summed E-state index contributed by atoms with van der Waals surface area (Å²) < 4.78 is 1.91. The Morgan fingerprint density at radius 1 is 1.29 bits per heavy atom. The van der Waals surface area contributed by atoms with Gasteiger partial charge in [0.2, 0.25) is 5.95 Å². The molecule has 3 aromatic heterocycles. The van der Waals surface area contributed by atoms with Gasteiger partial charge in [-0.25, -0.2) is 0 Å². The minimum atomic E-state index is 0.254. The fraction of sp³-hybridized carbons (Fsp3) is 0.267. The van der Waals surface area contributed by atoms with E-state index in [-0.39, 0.29) is 5.95 Å². The first-order valence-electron chi connectivity index (χ1n) is 6.93. The zero-order valence-corrected chi connectivity index (χ0v) is 12.1. The van der Waals surface area contributed by atoms with Crippen molar-refractivity contribution in [3.8, 4) is 5.82 Å². The van der Waals surface area contributed by atoms with E-state index in [1.54, 1.807) is 6.20 Å². The van der Waals surface area contributed by atoms with Crippen molar-refractivity contribution in [2.45, 2.75) is 13.8 Å². The third-order valence-electron chi connectivity index (χ3n) is 3.10. The summed E-state index contributed by atoms with van der Waals surface area (Å²) in [6, 6.07) is 5.82. The third-order valence-corrected chi connectivity index (χ3v) is 3.10. The topological polar surface area (TPSA) is 81.7 Å². The van der Waals surface area contributed by atoms with Crippen LogP contribution in [-0.2, 0) is 0 Å². The van der Waals surface area contributed by atoms with Gasteiger partial charge in [0.1, 0.15) is 11.6 Å². The Morgan fingerprint density at radius 3 is 2.90 bits per heavy atom. The van der Waals surface area contributed by atoms with Gasteiger partial charge in [-0.15, -0.1) is 0 Å². The minimum absolute atomic E-state index is 0.254. The number of aromatic nitrogens is 4. The maximum absolute atomic E-state index is 5.81. The number of nitrogens with two attached hydrogens (primary N) is 1. The molecule has 0 bridgehead atoms. The van der Waals surface area contributed by atoms with Gasteiger partial charge < -0.3 is 15.6 Å². The third kappa shape index (κ3) is 2.94. The van der Waals surface area contributed by atoms with Gasteiger partial charge in [-0.3, -0.25) is 4.98 Å². The number of pyridine rings is 1. The van der Waals surface area contributed by atoms with E-state index >= 15 is 0 Å². The molecule has 108 valence electrons. The average Bonchev–Trinajstić information content (AvgIpc) is 2.88. The molecule has 0 saturated heterocycles. The fourth-order valence-electron chi connectivity index (χ4n) is 2.08. The molecule has 0 spiro atoms. The van der Waals surface area contributed by atoms with Crippen molar-refractivity contribution >= 4 is 22.7 Å². The normalized spacial score (nSPS) is 11.2. The van der Waals surface area contributed by atoms with E-state index in [0.717, 1.165) is 29.1 Å². The zero-order valence-electron chi connectivity index (χ0n) is 12.1. The predicted molar refractivity (Wildman–Crippen MR) is 84.4 cm³/mol. The largest absolute Gasteiger partial charge is 0.370 e. The van der Waals surface area contributed by atoms with Crippen LogP contribution in [0, 0.1) is 5.92 Å². The lowest BCUT2D eigenvalue weighted by atomic mass is 10.2. The molecule has 0 aromatic carbocycles. The molecule has 0 unspecified atom stereocenters. The van der Waals surface area contributed by atoms with E-state index in [9.17, 15) is 0 Å². The molecule has 6 nitrogen and oxygen atoms in total. The van der Waals surface area contributed by atoms with E-state index in [1.807, 2.05) is 35.2 Å². The maximum Gasteiger partial charge on any atom is 0.223 e. The Kier molecular flexibility index (Phi) is 3.43. The van der Waals surface area contributed by atoms with E-state index in [1.165, 1.54) is 0 Å². The van der Waals surface area contributed by atoms with Crippen molar-refractivity contribution in [3.63, 3.8) is 0 Å². The molecule has 0 aliphatic heterocycles. The van der Waals surface area contributed by atoms with E-state index in [4.69, 9.17) is 5.73 Å². The number of nitrogens with zero attached hydrogens (tertiary/aromatic N) is 4. The summed E-state index contributed by atoms with van der Waals surface area (Å²) in [6.07, 6.45) is 5.69. The Hall–Kier alpha value is -2.63. The number of fused-ring (bicyclic) bond motifs is 1. The quantitative estimate of drug-likeness (QED) is 0.768. The number of rotatable bonds is 4. The molecular weight excluding hydrogens is 264 g/mol. The molecule has 3 heterocycles. The first-order chi connectivity index (χ1) is 10.1. The van der Waals surface area contributed by atoms with Crippen LogP contribution in [0.3, 0.4) is 0 Å². The lowest BCUT2D eigenvalue weighted by Gasteiger charge is -2.10. The van der Waals surface area contributed by atoms with Gasteiger partial charge in [-0.05, 0) is 18.1 Å². The second kappa shape index (κ2) is 5.40. The van der Waals surface area contributed by atoms with Gasteiger partial charge >= 0.3 is 0 Å². The average molecular weight is 282 g/mol.